The van der Waals surface area contributed by atoms with Gasteiger partial charge in [0.25, 0.3) is 0 Å². The number of furan rings is 2. The minimum absolute atomic E-state index is 0.600. The Morgan fingerprint density at radius 1 is 0.333 bits per heavy atom. The number of hydrogen-bond acceptors (Lipinski definition) is 5. The summed E-state index contributed by atoms with van der Waals surface area (Å²) in [5, 5.41) is 4.16. The van der Waals surface area contributed by atoms with Crippen molar-refractivity contribution in [2.75, 3.05) is 4.90 Å². The minimum Gasteiger partial charge on any atom is -0.456 e. The van der Waals surface area contributed by atoms with Gasteiger partial charge in [-0.2, -0.15) is 0 Å². The van der Waals surface area contributed by atoms with Crippen LogP contribution in [0.15, 0.2) is 195 Å². The average molecular weight is 695 g/mol. The number of benzene rings is 8. The summed E-state index contributed by atoms with van der Waals surface area (Å²) >= 11 is 0. The zero-order chi connectivity index (χ0) is 35.6. The maximum absolute atomic E-state index is 6.42. The van der Waals surface area contributed by atoms with Gasteiger partial charge in [0.2, 0.25) is 5.89 Å². The van der Waals surface area contributed by atoms with Gasteiger partial charge in [0.1, 0.15) is 27.8 Å². The van der Waals surface area contributed by atoms with Crippen LogP contribution in [0.4, 0.5) is 17.1 Å². The number of para-hydroxylation sites is 1. The van der Waals surface area contributed by atoms with Crippen LogP contribution in [0.1, 0.15) is 0 Å². The highest BCUT2D eigenvalue weighted by Gasteiger charge is 2.19. The van der Waals surface area contributed by atoms with Gasteiger partial charge in [-0.1, -0.05) is 97.1 Å². The van der Waals surface area contributed by atoms with Gasteiger partial charge < -0.3 is 18.2 Å². The molecule has 5 heteroatoms. The van der Waals surface area contributed by atoms with Crippen molar-refractivity contribution in [2.24, 2.45) is 0 Å². The monoisotopic (exact) mass is 694 g/mol. The van der Waals surface area contributed by atoms with E-state index in [4.69, 9.17) is 18.2 Å². The highest BCUT2D eigenvalue weighted by atomic mass is 16.4. The molecule has 0 saturated carbocycles. The SMILES string of the molecule is c1ccc(-c2ccc(N(c3ccc(-c4ccc5c(c4)oc4ccc6oc(-c7ccccc7)nc6c45)cc3)c3ccc4oc5ccccc5c4c3)cc2)cc1. The molecule has 54 heavy (non-hydrogen) atoms. The lowest BCUT2D eigenvalue weighted by Crippen LogP contribution is -2.09. The number of nitrogens with zero attached hydrogens (tertiary/aromatic N) is 2. The van der Waals surface area contributed by atoms with E-state index in [9.17, 15) is 0 Å². The van der Waals surface area contributed by atoms with Crippen molar-refractivity contribution in [3.63, 3.8) is 0 Å². The van der Waals surface area contributed by atoms with Crippen LogP contribution < -0.4 is 4.90 Å². The molecule has 0 atom stereocenters. The zero-order valence-corrected chi connectivity index (χ0v) is 28.9. The van der Waals surface area contributed by atoms with E-state index in [1.807, 2.05) is 60.7 Å². The maximum atomic E-state index is 6.42. The van der Waals surface area contributed by atoms with E-state index in [1.54, 1.807) is 0 Å². The molecule has 8 aromatic carbocycles. The molecule has 0 unspecified atom stereocenters. The molecule has 0 bridgehead atoms. The molecule has 0 aliphatic heterocycles. The van der Waals surface area contributed by atoms with Crippen molar-refractivity contribution in [1.29, 1.82) is 0 Å². The summed E-state index contributed by atoms with van der Waals surface area (Å²) in [5.74, 6) is 0.600. The second-order valence-electron chi connectivity index (χ2n) is 13.6. The number of oxazole rings is 1. The molecule has 254 valence electrons. The molecule has 0 radical (unpaired) electrons. The summed E-state index contributed by atoms with van der Waals surface area (Å²) in [7, 11) is 0. The van der Waals surface area contributed by atoms with Gasteiger partial charge in [0.05, 0.1) is 5.39 Å². The Bertz CT molecular complexity index is 3140. The molecule has 0 spiro atoms. The Labute approximate surface area is 309 Å². The first-order valence-corrected chi connectivity index (χ1v) is 18.0. The first kappa shape index (κ1) is 30.3. The van der Waals surface area contributed by atoms with E-state index in [2.05, 4.69) is 126 Å². The van der Waals surface area contributed by atoms with Gasteiger partial charge in [0, 0.05) is 38.8 Å². The topological polar surface area (TPSA) is 55.6 Å². The predicted molar refractivity (Wildman–Crippen MR) is 220 cm³/mol. The smallest absolute Gasteiger partial charge is 0.227 e. The predicted octanol–water partition coefficient (Wildman–Crippen LogP) is 14.1. The van der Waals surface area contributed by atoms with Crippen LogP contribution in [0.2, 0.25) is 0 Å². The van der Waals surface area contributed by atoms with Gasteiger partial charge in [-0.25, -0.2) is 4.98 Å². The fourth-order valence-electron chi connectivity index (χ4n) is 7.67. The highest BCUT2D eigenvalue weighted by molar-refractivity contribution is 6.17. The van der Waals surface area contributed by atoms with Crippen LogP contribution in [0.25, 0.3) is 88.7 Å². The molecular formula is C49H30N2O3. The molecule has 11 aromatic rings. The normalized spacial score (nSPS) is 11.7. The lowest BCUT2D eigenvalue weighted by molar-refractivity contribution is 0.619. The van der Waals surface area contributed by atoms with E-state index in [1.165, 1.54) is 11.1 Å². The molecule has 0 amide bonds. The largest absolute Gasteiger partial charge is 0.456 e. The average Bonchev–Trinajstić information content (AvgIpc) is 3.95. The molecule has 3 heterocycles. The van der Waals surface area contributed by atoms with Crippen LogP contribution in [-0.4, -0.2) is 4.98 Å². The number of fused-ring (bicyclic) bond motifs is 8. The summed E-state index contributed by atoms with van der Waals surface area (Å²) in [6, 6.07) is 62.9. The van der Waals surface area contributed by atoms with Crippen molar-refractivity contribution < 1.29 is 13.3 Å². The molecular weight excluding hydrogens is 665 g/mol. The molecule has 0 fully saturated rings. The molecule has 11 rings (SSSR count). The molecule has 0 aliphatic rings. The number of rotatable bonds is 6. The van der Waals surface area contributed by atoms with E-state index in [-0.39, 0.29) is 0 Å². The first-order chi connectivity index (χ1) is 26.7. The maximum Gasteiger partial charge on any atom is 0.227 e. The zero-order valence-electron chi connectivity index (χ0n) is 28.9. The van der Waals surface area contributed by atoms with Gasteiger partial charge in [-0.15, -0.1) is 0 Å². The lowest BCUT2D eigenvalue weighted by Gasteiger charge is -2.26. The van der Waals surface area contributed by atoms with Crippen molar-refractivity contribution in [3.05, 3.63) is 182 Å². The third-order valence-electron chi connectivity index (χ3n) is 10.3. The molecule has 0 N–H and O–H groups in total. The van der Waals surface area contributed by atoms with Gasteiger partial charge in [0.15, 0.2) is 5.58 Å². The summed E-state index contributed by atoms with van der Waals surface area (Å²) in [6.07, 6.45) is 0. The molecule has 0 saturated heterocycles. The number of hydrogen-bond donors (Lipinski definition) is 0. The van der Waals surface area contributed by atoms with Crippen molar-refractivity contribution >= 4 is 72.0 Å². The Kier molecular flexibility index (Phi) is 6.79. The third-order valence-corrected chi connectivity index (χ3v) is 10.3. The Morgan fingerprint density at radius 3 is 1.65 bits per heavy atom. The summed E-state index contributed by atoms with van der Waals surface area (Å²) in [4.78, 5) is 7.20. The third kappa shape index (κ3) is 4.98. The number of anilines is 3. The van der Waals surface area contributed by atoms with Gasteiger partial charge in [-0.3, -0.25) is 0 Å². The summed E-state index contributed by atoms with van der Waals surface area (Å²) in [5.41, 5.74) is 13.5. The van der Waals surface area contributed by atoms with Crippen LogP contribution in [0.3, 0.4) is 0 Å². The standard InChI is InChI=1S/C49H30N2O3/c1-3-9-31(10-4-1)32-15-20-36(21-16-32)51(38-24-26-43-41(30-38)39-13-7-8-14-42(39)52-43)37-22-17-33(18-23-37)35-19-25-40-46(29-35)53-44-27-28-45-48(47(40)44)50-49(54-45)34-11-5-2-6-12-34/h1-30H. The van der Waals surface area contributed by atoms with Crippen LogP contribution in [0.5, 0.6) is 0 Å². The number of aromatic nitrogens is 1. The molecule has 5 nitrogen and oxygen atoms in total. The Morgan fingerprint density at radius 2 is 0.889 bits per heavy atom. The van der Waals surface area contributed by atoms with E-state index < -0.39 is 0 Å². The molecule has 0 aliphatic carbocycles. The van der Waals surface area contributed by atoms with Crippen LogP contribution in [0, 0.1) is 0 Å². The second-order valence-corrected chi connectivity index (χ2v) is 13.6. The molecule has 3 aromatic heterocycles. The summed E-state index contributed by atoms with van der Waals surface area (Å²) < 4.78 is 18.8. The van der Waals surface area contributed by atoms with Gasteiger partial charge >= 0.3 is 0 Å². The quantitative estimate of drug-likeness (QED) is 0.173. The van der Waals surface area contributed by atoms with Crippen LogP contribution in [-0.2, 0) is 0 Å². The van der Waals surface area contributed by atoms with E-state index >= 15 is 0 Å². The Hall–Kier alpha value is -7.37. The Balaban J connectivity index is 0.983. The van der Waals surface area contributed by atoms with Crippen molar-refractivity contribution in [3.8, 4) is 33.7 Å². The van der Waals surface area contributed by atoms with Crippen molar-refractivity contribution in [2.45, 2.75) is 0 Å². The fourth-order valence-corrected chi connectivity index (χ4v) is 7.67. The van der Waals surface area contributed by atoms with E-state index in [0.717, 1.165) is 88.7 Å². The lowest BCUT2D eigenvalue weighted by atomic mass is 10.0. The fraction of sp³-hybridized carbons (Fsp3) is 0. The summed E-state index contributed by atoms with van der Waals surface area (Å²) in [6.45, 7) is 0. The van der Waals surface area contributed by atoms with Gasteiger partial charge in [-0.05, 0) is 107 Å². The second kappa shape index (κ2) is 12.1. The minimum atomic E-state index is 0.600. The van der Waals surface area contributed by atoms with E-state index in [0.29, 0.717) is 5.89 Å². The van der Waals surface area contributed by atoms with Crippen molar-refractivity contribution in [1.82, 2.24) is 4.98 Å². The van der Waals surface area contributed by atoms with Crippen LogP contribution >= 0.6 is 0 Å². The first-order valence-electron chi connectivity index (χ1n) is 18.0. The highest BCUT2D eigenvalue weighted by Crippen LogP contribution is 2.41.